The molecule has 2 atom stereocenters. The highest BCUT2D eigenvalue weighted by Gasteiger charge is 2.44. The minimum atomic E-state index is -1.23. The van der Waals surface area contributed by atoms with Crippen LogP contribution in [0.3, 0.4) is 0 Å². The third-order valence-electron chi connectivity index (χ3n) is 2.32. The number of carbonyl (C=O) groups is 2. The van der Waals surface area contributed by atoms with Gasteiger partial charge >= 0.3 is 0 Å². The molecule has 0 saturated heterocycles. The van der Waals surface area contributed by atoms with Crippen LogP contribution in [0.4, 0.5) is 0 Å². The summed E-state index contributed by atoms with van der Waals surface area (Å²) in [6.07, 6.45) is 0. The highest BCUT2D eigenvalue weighted by molar-refractivity contribution is 5.84. The third kappa shape index (κ3) is 2.44. The zero-order valence-electron chi connectivity index (χ0n) is 8.52. The Kier molecular flexibility index (Phi) is 3.81. The van der Waals surface area contributed by atoms with Gasteiger partial charge in [0.05, 0.1) is 12.1 Å². The summed E-state index contributed by atoms with van der Waals surface area (Å²) in [7, 11) is 0. The van der Waals surface area contributed by atoms with E-state index in [2.05, 4.69) is 0 Å². The highest BCUT2D eigenvalue weighted by Crippen LogP contribution is 2.34. The van der Waals surface area contributed by atoms with Gasteiger partial charge in [0.1, 0.15) is 11.8 Å². The lowest BCUT2D eigenvalue weighted by atomic mass is 9.69. The molecule has 0 aromatic heterocycles. The van der Waals surface area contributed by atoms with Crippen LogP contribution in [0.25, 0.3) is 0 Å². The quantitative estimate of drug-likeness (QED) is 0.629. The Morgan fingerprint density at radius 3 is 1.47 bits per heavy atom. The monoisotopic (exact) mass is 208 g/mol. The van der Waals surface area contributed by atoms with Crippen molar-refractivity contribution in [1.82, 2.24) is 0 Å². The van der Waals surface area contributed by atoms with E-state index in [1.54, 1.807) is 12.1 Å². The van der Waals surface area contributed by atoms with E-state index in [-0.39, 0.29) is 0 Å². The van der Waals surface area contributed by atoms with Crippen LogP contribution in [0.5, 0.6) is 0 Å². The van der Waals surface area contributed by atoms with Crippen LogP contribution < -0.4 is 11.5 Å². The topological polar surface area (TPSA) is 134 Å². The fourth-order valence-corrected chi connectivity index (χ4v) is 1.36. The molecule has 0 aliphatic carbocycles. The Balaban J connectivity index is 5.29. The summed E-state index contributed by atoms with van der Waals surface area (Å²) in [5, 5.41) is 17.5. The summed E-state index contributed by atoms with van der Waals surface area (Å²) in [6, 6.07) is 3.36. The van der Waals surface area contributed by atoms with Crippen molar-refractivity contribution in [2.75, 3.05) is 0 Å². The molecule has 0 spiro atoms. The van der Waals surface area contributed by atoms with Crippen LogP contribution in [0.1, 0.15) is 13.8 Å². The van der Waals surface area contributed by atoms with Gasteiger partial charge in [-0.05, 0) is 0 Å². The van der Waals surface area contributed by atoms with Gasteiger partial charge in [-0.1, -0.05) is 13.8 Å². The minimum Gasteiger partial charge on any atom is -0.369 e. The van der Waals surface area contributed by atoms with Crippen molar-refractivity contribution in [3.05, 3.63) is 0 Å². The van der Waals surface area contributed by atoms with Crippen molar-refractivity contribution in [2.24, 2.45) is 28.7 Å². The molecule has 0 radical (unpaired) electrons. The summed E-state index contributed by atoms with van der Waals surface area (Å²) in [4.78, 5) is 21.9. The summed E-state index contributed by atoms with van der Waals surface area (Å²) < 4.78 is 0. The van der Waals surface area contributed by atoms with Gasteiger partial charge in [-0.2, -0.15) is 10.5 Å². The van der Waals surface area contributed by atoms with Crippen LogP contribution in [0, 0.1) is 39.9 Å². The average Bonchev–Trinajstić information content (AvgIpc) is 2.02. The van der Waals surface area contributed by atoms with Gasteiger partial charge in [0.25, 0.3) is 0 Å². The van der Waals surface area contributed by atoms with E-state index in [1.165, 1.54) is 13.8 Å². The molecule has 0 fully saturated rings. The molecule has 0 rings (SSSR count). The van der Waals surface area contributed by atoms with Gasteiger partial charge < -0.3 is 11.5 Å². The molecule has 0 aromatic carbocycles. The molecule has 15 heavy (non-hydrogen) atoms. The number of nitriles is 2. The first kappa shape index (κ1) is 12.9. The second-order valence-corrected chi connectivity index (χ2v) is 3.75. The van der Waals surface area contributed by atoms with Gasteiger partial charge in [-0.15, -0.1) is 0 Å². The van der Waals surface area contributed by atoms with E-state index >= 15 is 0 Å². The number of amides is 2. The number of rotatable bonds is 4. The fraction of sp³-hybridized carbons (Fsp3) is 0.556. The van der Waals surface area contributed by atoms with Crippen molar-refractivity contribution >= 4 is 11.8 Å². The first-order valence-corrected chi connectivity index (χ1v) is 4.16. The molecular weight excluding hydrogens is 196 g/mol. The Hall–Kier alpha value is -2.08. The van der Waals surface area contributed by atoms with E-state index in [0.29, 0.717) is 0 Å². The van der Waals surface area contributed by atoms with E-state index in [1.807, 2.05) is 0 Å². The third-order valence-corrected chi connectivity index (χ3v) is 2.32. The number of carbonyl (C=O) groups excluding carboxylic acids is 2. The zero-order chi connectivity index (χ0) is 12.2. The summed E-state index contributed by atoms with van der Waals surface area (Å²) in [5.74, 6) is -4.20. The van der Waals surface area contributed by atoms with Gasteiger partial charge in [0.15, 0.2) is 0 Å². The molecular formula is C9H12N4O2. The lowest BCUT2D eigenvalue weighted by molar-refractivity contribution is -0.128. The summed E-state index contributed by atoms with van der Waals surface area (Å²) in [5.41, 5.74) is 8.81. The molecule has 4 N–H and O–H groups in total. The molecule has 6 nitrogen and oxygen atoms in total. The summed E-state index contributed by atoms with van der Waals surface area (Å²) >= 11 is 0. The Morgan fingerprint density at radius 2 is 1.33 bits per heavy atom. The number of primary amides is 2. The zero-order valence-corrected chi connectivity index (χ0v) is 8.52. The SMILES string of the molecule is CC(C)(C(C#N)C(N)=O)C(C#N)C(N)=O. The van der Waals surface area contributed by atoms with Crippen LogP contribution in [-0.2, 0) is 9.59 Å². The lowest BCUT2D eigenvalue weighted by Gasteiger charge is -2.30. The second kappa shape index (κ2) is 4.43. The number of hydrogen-bond donors (Lipinski definition) is 2. The van der Waals surface area contributed by atoms with E-state index < -0.39 is 29.1 Å². The molecule has 0 bridgehead atoms. The molecule has 2 amide bonds. The van der Waals surface area contributed by atoms with Crippen LogP contribution >= 0.6 is 0 Å². The fourth-order valence-electron chi connectivity index (χ4n) is 1.36. The molecule has 0 saturated carbocycles. The molecule has 0 aliphatic heterocycles. The van der Waals surface area contributed by atoms with Crippen molar-refractivity contribution in [3.8, 4) is 12.1 Å². The van der Waals surface area contributed by atoms with Crippen LogP contribution in [-0.4, -0.2) is 11.8 Å². The maximum Gasteiger partial charge on any atom is 0.235 e. The normalized spacial score (nSPS) is 14.4. The van der Waals surface area contributed by atoms with Crippen molar-refractivity contribution in [2.45, 2.75) is 13.8 Å². The van der Waals surface area contributed by atoms with Gasteiger partial charge in [-0.3, -0.25) is 9.59 Å². The minimum absolute atomic E-state index is 0.871. The highest BCUT2D eigenvalue weighted by atomic mass is 16.1. The van der Waals surface area contributed by atoms with Crippen molar-refractivity contribution in [1.29, 1.82) is 10.5 Å². The molecule has 0 aliphatic rings. The number of hydrogen-bond acceptors (Lipinski definition) is 4. The Labute approximate surface area is 87.4 Å². The predicted octanol–water partition coefficient (Wildman–Crippen LogP) is -0.737. The van der Waals surface area contributed by atoms with Crippen LogP contribution in [0.2, 0.25) is 0 Å². The van der Waals surface area contributed by atoms with Crippen LogP contribution in [0.15, 0.2) is 0 Å². The van der Waals surface area contributed by atoms with E-state index in [4.69, 9.17) is 22.0 Å². The second-order valence-electron chi connectivity index (χ2n) is 3.75. The molecule has 2 unspecified atom stereocenters. The van der Waals surface area contributed by atoms with Crippen molar-refractivity contribution in [3.63, 3.8) is 0 Å². The Bertz CT molecular complexity index is 327. The number of nitrogens with zero attached hydrogens (tertiary/aromatic N) is 2. The first-order chi connectivity index (χ1) is 6.78. The van der Waals surface area contributed by atoms with E-state index in [9.17, 15) is 9.59 Å². The molecule has 80 valence electrons. The summed E-state index contributed by atoms with van der Waals surface area (Å²) in [6.45, 7) is 2.87. The van der Waals surface area contributed by atoms with Gasteiger partial charge in [0, 0.05) is 5.41 Å². The standard InChI is InChI=1S/C9H12N4O2/c1-9(2,5(3-10)7(12)14)6(4-11)8(13)15/h5-6H,1-2H3,(H2,12,14)(H2,13,15). The molecule has 6 heteroatoms. The maximum atomic E-state index is 11.0. The number of nitrogens with two attached hydrogens (primary N) is 2. The van der Waals surface area contributed by atoms with Gasteiger partial charge in [-0.25, -0.2) is 0 Å². The van der Waals surface area contributed by atoms with Gasteiger partial charge in [0.2, 0.25) is 11.8 Å². The Morgan fingerprint density at radius 1 is 1.07 bits per heavy atom. The molecule has 0 heterocycles. The predicted molar refractivity (Wildman–Crippen MR) is 50.4 cm³/mol. The van der Waals surface area contributed by atoms with E-state index in [0.717, 1.165) is 0 Å². The average molecular weight is 208 g/mol. The largest absolute Gasteiger partial charge is 0.369 e. The lowest BCUT2D eigenvalue weighted by Crippen LogP contribution is -2.44. The smallest absolute Gasteiger partial charge is 0.235 e. The van der Waals surface area contributed by atoms with Crippen molar-refractivity contribution < 1.29 is 9.59 Å². The maximum absolute atomic E-state index is 11.0. The first-order valence-electron chi connectivity index (χ1n) is 4.16. The molecule has 0 aromatic rings.